The summed E-state index contributed by atoms with van der Waals surface area (Å²) in [5.74, 6) is 0.199. The van der Waals surface area contributed by atoms with Gasteiger partial charge in [0.1, 0.15) is 11.9 Å². The number of benzene rings is 1. The van der Waals surface area contributed by atoms with Gasteiger partial charge in [-0.05, 0) is 17.7 Å². The molecule has 0 saturated heterocycles. The van der Waals surface area contributed by atoms with Gasteiger partial charge in [-0.2, -0.15) is 10.4 Å². The van der Waals surface area contributed by atoms with Crippen molar-refractivity contribution in [3.05, 3.63) is 47.2 Å². The Morgan fingerprint density at radius 2 is 2.39 bits per heavy atom. The predicted octanol–water partition coefficient (Wildman–Crippen LogP) is 2.44. The molecule has 0 aliphatic rings. The number of oxazole rings is 1. The van der Waals surface area contributed by atoms with E-state index in [4.69, 9.17) is 9.68 Å². The smallest absolute Gasteiger partial charge is 0.252 e. The van der Waals surface area contributed by atoms with E-state index in [-0.39, 0.29) is 17.4 Å². The van der Waals surface area contributed by atoms with Crippen LogP contribution in [0.15, 0.2) is 33.8 Å². The summed E-state index contributed by atoms with van der Waals surface area (Å²) in [6.45, 7) is 1.63. The van der Waals surface area contributed by atoms with Crippen LogP contribution in [0, 0.1) is 24.1 Å². The number of anilines is 1. The largest absolute Gasteiger partial charge is 0.422 e. The molecule has 0 saturated carbocycles. The van der Waals surface area contributed by atoms with Crippen LogP contribution in [0.4, 0.5) is 10.3 Å². The average molecular weight is 244 g/mol. The third-order valence-corrected chi connectivity index (χ3v) is 2.07. The Morgan fingerprint density at radius 3 is 3.11 bits per heavy atom. The standard InChI is InChI=1S/C12H9FN4O/c1-8-16-11(6-14)12(18-8)17-15-7-9-3-2-4-10(13)5-9/h2-5,7,17H,1H3/b15-7+. The summed E-state index contributed by atoms with van der Waals surface area (Å²) >= 11 is 0. The van der Waals surface area contributed by atoms with Crippen molar-refractivity contribution in [1.82, 2.24) is 4.98 Å². The molecule has 0 atom stereocenters. The number of nitrogens with zero attached hydrogens (tertiary/aromatic N) is 3. The molecular weight excluding hydrogens is 235 g/mol. The van der Waals surface area contributed by atoms with Gasteiger partial charge in [-0.3, -0.25) is 0 Å². The van der Waals surface area contributed by atoms with Crippen molar-refractivity contribution in [3.63, 3.8) is 0 Å². The molecule has 0 amide bonds. The fraction of sp³-hybridized carbons (Fsp3) is 0.0833. The minimum absolute atomic E-state index is 0.129. The molecule has 1 heterocycles. The molecule has 2 aromatic rings. The van der Waals surface area contributed by atoms with E-state index in [1.165, 1.54) is 18.3 Å². The fourth-order valence-corrected chi connectivity index (χ4v) is 1.33. The van der Waals surface area contributed by atoms with Gasteiger partial charge in [0, 0.05) is 6.92 Å². The Labute approximate surface area is 103 Å². The maximum atomic E-state index is 12.9. The molecule has 0 unspecified atom stereocenters. The Morgan fingerprint density at radius 1 is 1.56 bits per heavy atom. The molecule has 90 valence electrons. The predicted molar refractivity (Wildman–Crippen MR) is 63.6 cm³/mol. The van der Waals surface area contributed by atoms with Crippen molar-refractivity contribution in [2.75, 3.05) is 5.43 Å². The van der Waals surface area contributed by atoms with E-state index >= 15 is 0 Å². The van der Waals surface area contributed by atoms with Gasteiger partial charge in [0.15, 0.2) is 5.89 Å². The highest BCUT2D eigenvalue weighted by atomic mass is 19.1. The number of nitriles is 1. The van der Waals surface area contributed by atoms with Gasteiger partial charge in [0.25, 0.3) is 5.88 Å². The second-order valence-electron chi connectivity index (χ2n) is 3.45. The first-order chi connectivity index (χ1) is 8.69. The van der Waals surface area contributed by atoms with Gasteiger partial charge < -0.3 is 4.42 Å². The average Bonchev–Trinajstić information content (AvgIpc) is 2.70. The molecule has 18 heavy (non-hydrogen) atoms. The van der Waals surface area contributed by atoms with E-state index in [0.717, 1.165) is 0 Å². The van der Waals surface area contributed by atoms with Gasteiger partial charge >= 0.3 is 0 Å². The number of hydrazone groups is 1. The molecule has 1 aromatic carbocycles. The number of aryl methyl sites for hydroxylation is 1. The summed E-state index contributed by atoms with van der Waals surface area (Å²) < 4.78 is 18.0. The molecule has 1 aromatic heterocycles. The fourth-order valence-electron chi connectivity index (χ4n) is 1.33. The van der Waals surface area contributed by atoms with E-state index in [0.29, 0.717) is 11.5 Å². The first-order valence-electron chi connectivity index (χ1n) is 5.11. The second kappa shape index (κ2) is 5.10. The van der Waals surface area contributed by atoms with Crippen LogP contribution < -0.4 is 5.43 Å². The summed E-state index contributed by atoms with van der Waals surface area (Å²) in [6, 6.07) is 7.83. The minimum atomic E-state index is -0.341. The Kier molecular flexibility index (Phi) is 3.34. The van der Waals surface area contributed by atoms with Crippen LogP contribution in [0.25, 0.3) is 0 Å². The molecule has 6 heteroatoms. The van der Waals surface area contributed by atoms with Crippen LogP contribution in [0.2, 0.25) is 0 Å². The van der Waals surface area contributed by atoms with E-state index < -0.39 is 0 Å². The van der Waals surface area contributed by atoms with Gasteiger partial charge in [0.2, 0.25) is 5.69 Å². The second-order valence-corrected chi connectivity index (χ2v) is 3.45. The van der Waals surface area contributed by atoms with Crippen molar-refractivity contribution < 1.29 is 8.81 Å². The number of hydrogen-bond acceptors (Lipinski definition) is 5. The quantitative estimate of drug-likeness (QED) is 0.664. The highest BCUT2D eigenvalue weighted by Crippen LogP contribution is 2.15. The molecule has 1 N–H and O–H groups in total. The lowest BCUT2D eigenvalue weighted by molar-refractivity contribution is 0.533. The summed E-state index contributed by atoms with van der Waals surface area (Å²) in [7, 11) is 0. The van der Waals surface area contributed by atoms with E-state index in [1.807, 2.05) is 6.07 Å². The first-order valence-corrected chi connectivity index (χ1v) is 5.11. The Hall–Kier alpha value is -2.68. The maximum absolute atomic E-state index is 12.9. The van der Waals surface area contributed by atoms with Gasteiger partial charge in [-0.1, -0.05) is 12.1 Å². The van der Waals surface area contributed by atoms with Gasteiger partial charge in [0.05, 0.1) is 6.21 Å². The van der Waals surface area contributed by atoms with E-state index in [2.05, 4.69) is 15.5 Å². The molecule has 2 rings (SSSR count). The highest BCUT2D eigenvalue weighted by molar-refractivity contribution is 5.80. The Bertz CT molecular complexity index is 627. The zero-order chi connectivity index (χ0) is 13.0. The lowest BCUT2D eigenvalue weighted by Crippen LogP contribution is -1.91. The van der Waals surface area contributed by atoms with E-state index in [1.54, 1.807) is 19.1 Å². The van der Waals surface area contributed by atoms with Crippen molar-refractivity contribution in [1.29, 1.82) is 5.26 Å². The van der Waals surface area contributed by atoms with Crippen LogP contribution in [-0.4, -0.2) is 11.2 Å². The summed E-state index contributed by atoms with van der Waals surface area (Å²) in [5.41, 5.74) is 3.27. The number of aromatic nitrogens is 1. The lowest BCUT2D eigenvalue weighted by Gasteiger charge is -1.95. The van der Waals surface area contributed by atoms with Crippen molar-refractivity contribution >= 4 is 12.1 Å². The summed E-state index contributed by atoms with van der Waals surface area (Å²) in [6.07, 6.45) is 1.42. The third-order valence-electron chi connectivity index (χ3n) is 2.07. The summed E-state index contributed by atoms with van der Waals surface area (Å²) in [4.78, 5) is 3.84. The Balaban J connectivity index is 2.10. The van der Waals surface area contributed by atoms with Gasteiger partial charge in [-0.25, -0.2) is 14.8 Å². The van der Waals surface area contributed by atoms with Gasteiger partial charge in [-0.15, -0.1) is 0 Å². The van der Waals surface area contributed by atoms with Crippen molar-refractivity contribution in [2.24, 2.45) is 5.10 Å². The zero-order valence-corrected chi connectivity index (χ0v) is 9.51. The molecule has 0 spiro atoms. The van der Waals surface area contributed by atoms with Crippen LogP contribution in [0.5, 0.6) is 0 Å². The SMILES string of the molecule is Cc1nc(C#N)c(N/N=C/c2cccc(F)c2)o1. The summed E-state index contributed by atoms with van der Waals surface area (Å²) in [5, 5.41) is 12.6. The number of halogens is 1. The molecule has 0 fully saturated rings. The zero-order valence-electron chi connectivity index (χ0n) is 9.51. The number of hydrogen-bond donors (Lipinski definition) is 1. The number of nitrogens with one attached hydrogen (secondary N) is 1. The van der Waals surface area contributed by atoms with Crippen LogP contribution in [-0.2, 0) is 0 Å². The molecule has 0 aliphatic heterocycles. The molecule has 0 aliphatic carbocycles. The molecule has 0 bridgehead atoms. The molecule has 5 nitrogen and oxygen atoms in total. The highest BCUT2D eigenvalue weighted by Gasteiger charge is 2.08. The maximum Gasteiger partial charge on any atom is 0.252 e. The van der Waals surface area contributed by atoms with Crippen LogP contribution in [0.1, 0.15) is 17.1 Å². The monoisotopic (exact) mass is 244 g/mol. The third kappa shape index (κ3) is 2.71. The van der Waals surface area contributed by atoms with E-state index in [9.17, 15) is 4.39 Å². The number of rotatable bonds is 3. The normalized spacial score (nSPS) is 10.5. The molecule has 0 radical (unpaired) electrons. The molecular formula is C12H9FN4O. The van der Waals surface area contributed by atoms with Crippen molar-refractivity contribution in [2.45, 2.75) is 6.92 Å². The lowest BCUT2D eigenvalue weighted by atomic mass is 10.2. The van der Waals surface area contributed by atoms with Crippen LogP contribution in [0.3, 0.4) is 0 Å². The minimum Gasteiger partial charge on any atom is -0.422 e. The topological polar surface area (TPSA) is 74.2 Å². The van der Waals surface area contributed by atoms with Crippen molar-refractivity contribution in [3.8, 4) is 6.07 Å². The van der Waals surface area contributed by atoms with Crippen LogP contribution >= 0.6 is 0 Å². The first kappa shape index (κ1) is 11.8.